The number of fused-ring (bicyclic) bond motifs is 1. The maximum absolute atomic E-state index is 12.6. The van der Waals surface area contributed by atoms with Crippen molar-refractivity contribution in [1.82, 2.24) is 5.16 Å². The van der Waals surface area contributed by atoms with Gasteiger partial charge in [-0.2, -0.15) is 0 Å². The van der Waals surface area contributed by atoms with Crippen molar-refractivity contribution in [2.24, 2.45) is 0 Å². The Morgan fingerprint density at radius 1 is 1.03 bits per heavy atom. The van der Waals surface area contributed by atoms with Crippen molar-refractivity contribution >= 4 is 45.8 Å². The lowest BCUT2D eigenvalue weighted by molar-refractivity contribution is -0.116. The van der Waals surface area contributed by atoms with Crippen LogP contribution in [0.2, 0.25) is 10.2 Å². The Morgan fingerprint density at radius 2 is 1.83 bits per heavy atom. The zero-order chi connectivity index (χ0) is 20.4. The van der Waals surface area contributed by atoms with E-state index in [-0.39, 0.29) is 22.9 Å². The van der Waals surface area contributed by atoms with Gasteiger partial charge in [-0.1, -0.05) is 28.4 Å². The minimum Gasteiger partial charge on any atom is -0.456 e. The van der Waals surface area contributed by atoms with E-state index >= 15 is 0 Å². The van der Waals surface area contributed by atoms with Gasteiger partial charge in [0.15, 0.2) is 10.6 Å². The number of hydrogen-bond donors (Lipinski definition) is 1. The van der Waals surface area contributed by atoms with Crippen molar-refractivity contribution < 1.29 is 13.7 Å². The molecule has 0 atom stereocenters. The van der Waals surface area contributed by atoms with Crippen LogP contribution in [0.5, 0.6) is 0 Å². The Bertz CT molecular complexity index is 1250. The van der Waals surface area contributed by atoms with Crippen LogP contribution in [0, 0.1) is 0 Å². The summed E-state index contributed by atoms with van der Waals surface area (Å²) in [5.74, 6) is 0.750. The predicted molar refractivity (Wildman–Crippen MR) is 111 cm³/mol. The highest BCUT2D eigenvalue weighted by Gasteiger charge is 2.11. The molecule has 1 N–H and O–H groups in total. The third-order valence-electron chi connectivity index (χ3n) is 4.27. The van der Waals surface area contributed by atoms with E-state index in [0.29, 0.717) is 39.6 Å². The summed E-state index contributed by atoms with van der Waals surface area (Å²) in [5, 5.41) is 7.55. The number of aryl methyl sites for hydroxylation is 1. The summed E-state index contributed by atoms with van der Waals surface area (Å²) < 4.78 is 10.8. The van der Waals surface area contributed by atoms with Gasteiger partial charge in [-0.15, -0.1) is 0 Å². The second-order valence-electron chi connectivity index (χ2n) is 6.36. The smallest absolute Gasteiger partial charge is 0.224 e. The van der Waals surface area contributed by atoms with Crippen LogP contribution >= 0.6 is 23.2 Å². The normalized spacial score (nSPS) is 11.0. The van der Waals surface area contributed by atoms with Gasteiger partial charge < -0.3 is 14.3 Å². The minimum atomic E-state index is -0.223. The highest BCUT2D eigenvalue weighted by atomic mass is 35.5. The lowest BCUT2D eigenvalue weighted by atomic mass is 10.1. The molecule has 29 heavy (non-hydrogen) atoms. The lowest BCUT2D eigenvalue weighted by Gasteiger charge is -2.07. The summed E-state index contributed by atoms with van der Waals surface area (Å²) in [4.78, 5) is 24.7. The number of benzene rings is 2. The molecular formula is C21H14Cl2N2O4. The SMILES string of the molecule is O=C(CCc1cc(Cl)no1)Nc1ccc2oc(-c3ccc(Cl)cc3)cc(=O)c2c1. The van der Waals surface area contributed by atoms with Crippen molar-refractivity contribution in [3.8, 4) is 11.3 Å². The molecule has 0 aliphatic rings. The second kappa shape index (κ2) is 8.11. The molecule has 0 saturated heterocycles. The fraction of sp³-hybridized carbons (Fsp3) is 0.0952. The maximum atomic E-state index is 12.6. The molecule has 2 heterocycles. The number of nitrogens with zero attached hydrogens (tertiary/aromatic N) is 1. The number of carbonyl (C=O) groups excluding carboxylic acids is 1. The minimum absolute atomic E-state index is 0.188. The molecule has 0 unspecified atom stereocenters. The molecule has 0 saturated carbocycles. The standard InChI is InChI=1S/C21H14Cl2N2O4/c22-13-3-1-12(2-4-13)19-11-17(26)16-9-14(5-7-18(16)28-19)24-21(27)8-6-15-10-20(23)25-29-15/h1-5,7,9-11H,6,8H2,(H,24,27). The lowest BCUT2D eigenvalue weighted by Crippen LogP contribution is -2.12. The van der Waals surface area contributed by atoms with Gasteiger partial charge in [0, 0.05) is 41.2 Å². The number of nitrogens with one attached hydrogen (secondary N) is 1. The molecule has 8 heteroatoms. The van der Waals surface area contributed by atoms with Crippen LogP contribution in [0.4, 0.5) is 5.69 Å². The summed E-state index contributed by atoms with van der Waals surface area (Å²) in [7, 11) is 0. The Labute approximate surface area is 175 Å². The van der Waals surface area contributed by atoms with Gasteiger partial charge in [0.25, 0.3) is 0 Å². The molecule has 0 aliphatic heterocycles. The van der Waals surface area contributed by atoms with Crippen LogP contribution in [0.15, 0.2) is 68.3 Å². The number of hydrogen-bond acceptors (Lipinski definition) is 5. The Hall–Kier alpha value is -3.09. The molecule has 0 spiro atoms. The number of halogens is 2. The second-order valence-corrected chi connectivity index (χ2v) is 7.18. The van der Waals surface area contributed by atoms with E-state index in [2.05, 4.69) is 10.5 Å². The molecule has 2 aromatic carbocycles. The Kier molecular flexibility index (Phi) is 5.38. The van der Waals surface area contributed by atoms with Crippen LogP contribution in [-0.4, -0.2) is 11.1 Å². The summed E-state index contributed by atoms with van der Waals surface area (Å²) >= 11 is 11.6. The van der Waals surface area contributed by atoms with Crippen LogP contribution in [-0.2, 0) is 11.2 Å². The van der Waals surface area contributed by atoms with Gasteiger partial charge >= 0.3 is 0 Å². The van der Waals surface area contributed by atoms with E-state index in [9.17, 15) is 9.59 Å². The molecule has 0 aliphatic carbocycles. The van der Waals surface area contributed by atoms with E-state index in [4.69, 9.17) is 32.1 Å². The maximum Gasteiger partial charge on any atom is 0.224 e. The summed E-state index contributed by atoms with van der Waals surface area (Å²) in [6.45, 7) is 0. The van der Waals surface area contributed by atoms with Crippen molar-refractivity contribution in [2.75, 3.05) is 5.32 Å². The molecule has 0 bridgehead atoms. The number of rotatable bonds is 5. The fourth-order valence-corrected chi connectivity index (χ4v) is 3.14. The summed E-state index contributed by atoms with van der Waals surface area (Å²) in [6.07, 6.45) is 0.555. The quantitative estimate of drug-likeness (QED) is 0.464. The average molecular weight is 429 g/mol. The topological polar surface area (TPSA) is 85.3 Å². The zero-order valence-electron chi connectivity index (χ0n) is 14.9. The third-order valence-corrected chi connectivity index (χ3v) is 4.70. The van der Waals surface area contributed by atoms with E-state index in [1.165, 1.54) is 6.07 Å². The molecule has 2 aromatic heterocycles. The number of aromatic nitrogens is 1. The molecule has 4 aromatic rings. The summed E-state index contributed by atoms with van der Waals surface area (Å²) in [5.41, 5.74) is 1.48. The fourth-order valence-electron chi connectivity index (χ4n) is 2.86. The van der Waals surface area contributed by atoms with E-state index in [0.717, 1.165) is 5.56 Å². The first-order valence-corrected chi connectivity index (χ1v) is 9.48. The van der Waals surface area contributed by atoms with E-state index in [1.54, 1.807) is 48.5 Å². The van der Waals surface area contributed by atoms with Crippen molar-refractivity contribution in [3.63, 3.8) is 0 Å². The number of carbonyl (C=O) groups is 1. The largest absolute Gasteiger partial charge is 0.456 e. The first-order chi connectivity index (χ1) is 14.0. The summed E-state index contributed by atoms with van der Waals surface area (Å²) in [6, 6.07) is 14.9. The van der Waals surface area contributed by atoms with Crippen LogP contribution in [0.1, 0.15) is 12.2 Å². The van der Waals surface area contributed by atoms with E-state index < -0.39 is 0 Å². The van der Waals surface area contributed by atoms with Gasteiger partial charge in [-0.3, -0.25) is 9.59 Å². The molecule has 0 radical (unpaired) electrons. The predicted octanol–water partition coefficient (Wildman–Crippen LogP) is 5.33. The van der Waals surface area contributed by atoms with Gasteiger partial charge in [0.2, 0.25) is 5.91 Å². The van der Waals surface area contributed by atoms with Crippen molar-refractivity contribution in [1.29, 1.82) is 0 Å². The zero-order valence-corrected chi connectivity index (χ0v) is 16.5. The molecule has 0 fully saturated rings. The van der Waals surface area contributed by atoms with Gasteiger partial charge in [0.05, 0.1) is 5.39 Å². The number of amides is 1. The molecule has 6 nitrogen and oxygen atoms in total. The van der Waals surface area contributed by atoms with E-state index in [1.807, 2.05) is 0 Å². The van der Waals surface area contributed by atoms with Crippen molar-refractivity contribution in [2.45, 2.75) is 12.8 Å². The van der Waals surface area contributed by atoms with Gasteiger partial charge in [-0.05, 0) is 42.5 Å². The first-order valence-electron chi connectivity index (χ1n) is 8.73. The van der Waals surface area contributed by atoms with Gasteiger partial charge in [0.1, 0.15) is 17.1 Å². The van der Waals surface area contributed by atoms with Crippen LogP contribution in [0.25, 0.3) is 22.3 Å². The Morgan fingerprint density at radius 3 is 2.55 bits per heavy atom. The molecule has 146 valence electrons. The monoisotopic (exact) mass is 428 g/mol. The molecule has 1 amide bonds. The molecule has 4 rings (SSSR count). The van der Waals surface area contributed by atoms with Gasteiger partial charge in [-0.25, -0.2) is 0 Å². The molecular weight excluding hydrogens is 415 g/mol. The Balaban J connectivity index is 1.52. The highest BCUT2D eigenvalue weighted by molar-refractivity contribution is 6.30. The van der Waals surface area contributed by atoms with Crippen LogP contribution < -0.4 is 10.7 Å². The third kappa shape index (κ3) is 4.50. The number of anilines is 1. The van der Waals surface area contributed by atoms with Crippen LogP contribution in [0.3, 0.4) is 0 Å². The highest BCUT2D eigenvalue weighted by Crippen LogP contribution is 2.25. The van der Waals surface area contributed by atoms with Crippen molar-refractivity contribution in [3.05, 3.63) is 80.8 Å². The first kappa shape index (κ1) is 19.2. The average Bonchev–Trinajstić information content (AvgIpc) is 3.12.